The van der Waals surface area contributed by atoms with Crippen molar-refractivity contribution in [2.24, 2.45) is 0 Å². The van der Waals surface area contributed by atoms with Crippen molar-refractivity contribution in [2.45, 2.75) is 44.9 Å². The third-order valence-corrected chi connectivity index (χ3v) is 9.56. The SMILES string of the molecule is Cc1cncc(-c2cccc(-c3c4ccccc4c(-c4cccc5c(C6CCCCC6)cccc45)c4ccccc34)c2)c1. The zero-order valence-corrected chi connectivity index (χ0v) is 24.7. The summed E-state index contributed by atoms with van der Waals surface area (Å²) in [5, 5.41) is 7.96. The van der Waals surface area contributed by atoms with Gasteiger partial charge in [-0.3, -0.25) is 4.98 Å². The fourth-order valence-corrected chi connectivity index (χ4v) is 7.62. The van der Waals surface area contributed by atoms with Crippen molar-refractivity contribution in [3.05, 3.63) is 139 Å². The highest BCUT2D eigenvalue weighted by atomic mass is 14.6. The molecule has 0 aliphatic heterocycles. The molecule has 43 heavy (non-hydrogen) atoms. The summed E-state index contributed by atoms with van der Waals surface area (Å²) < 4.78 is 0. The molecule has 0 N–H and O–H groups in total. The third kappa shape index (κ3) is 4.51. The molecule has 0 spiro atoms. The van der Waals surface area contributed by atoms with Crippen LogP contribution in [0.4, 0.5) is 0 Å². The maximum Gasteiger partial charge on any atom is 0.0346 e. The molecule has 1 aliphatic rings. The first-order chi connectivity index (χ1) is 21.3. The number of nitrogens with zero attached hydrogens (tertiary/aromatic N) is 1. The molecule has 6 aromatic carbocycles. The predicted molar refractivity (Wildman–Crippen MR) is 184 cm³/mol. The molecule has 1 fully saturated rings. The molecule has 0 saturated heterocycles. The second-order valence-corrected chi connectivity index (χ2v) is 12.3. The Balaban J connectivity index is 1.40. The quantitative estimate of drug-likeness (QED) is 0.198. The van der Waals surface area contributed by atoms with Crippen LogP contribution in [0.25, 0.3) is 65.7 Å². The lowest BCUT2D eigenvalue weighted by molar-refractivity contribution is 0.445. The van der Waals surface area contributed by atoms with E-state index in [0.29, 0.717) is 5.92 Å². The molecule has 1 heterocycles. The molecule has 1 aliphatic carbocycles. The van der Waals surface area contributed by atoms with Gasteiger partial charge in [0.2, 0.25) is 0 Å². The van der Waals surface area contributed by atoms with Crippen LogP contribution in [0.1, 0.15) is 49.1 Å². The van der Waals surface area contributed by atoms with Gasteiger partial charge in [-0.25, -0.2) is 0 Å². The van der Waals surface area contributed by atoms with Gasteiger partial charge in [-0.15, -0.1) is 0 Å². The summed E-state index contributed by atoms with van der Waals surface area (Å²) in [6.07, 6.45) is 10.6. The van der Waals surface area contributed by atoms with Crippen molar-refractivity contribution in [2.75, 3.05) is 0 Å². The van der Waals surface area contributed by atoms with Crippen LogP contribution in [0.5, 0.6) is 0 Å². The van der Waals surface area contributed by atoms with Gasteiger partial charge >= 0.3 is 0 Å². The minimum Gasteiger partial charge on any atom is -0.264 e. The van der Waals surface area contributed by atoms with Crippen LogP contribution in [-0.4, -0.2) is 4.98 Å². The Labute approximate surface area is 253 Å². The van der Waals surface area contributed by atoms with Gasteiger partial charge < -0.3 is 0 Å². The Morgan fingerprint density at radius 1 is 0.488 bits per heavy atom. The fourth-order valence-electron chi connectivity index (χ4n) is 7.62. The van der Waals surface area contributed by atoms with Crippen LogP contribution < -0.4 is 0 Å². The number of rotatable bonds is 4. The van der Waals surface area contributed by atoms with Gasteiger partial charge in [-0.2, -0.15) is 0 Å². The van der Waals surface area contributed by atoms with Crippen LogP contribution in [0.15, 0.2) is 128 Å². The molecule has 0 atom stereocenters. The summed E-state index contributed by atoms with van der Waals surface area (Å²) in [4.78, 5) is 4.47. The summed E-state index contributed by atoms with van der Waals surface area (Å²) >= 11 is 0. The average Bonchev–Trinajstić information content (AvgIpc) is 3.07. The largest absolute Gasteiger partial charge is 0.264 e. The molecule has 208 valence electrons. The zero-order chi connectivity index (χ0) is 28.8. The van der Waals surface area contributed by atoms with E-state index in [4.69, 9.17) is 0 Å². The molecule has 0 amide bonds. The Morgan fingerprint density at radius 2 is 1.09 bits per heavy atom. The molecule has 1 nitrogen and oxygen atoms in total. The normalized spacial score (nSPS) is 14.1. The lowest BCUT2D eigenvalue weighted by atomic mass is 9.80. The first-order valence-corrected chi connectivity index (χ1v) is 15.7. The summed E-state index contributed by atoms with van der Waals surface area (Å²) in [5.74, 6) is 0.666. The number of benzene rings is 6. The van der Waals surface area contributed by atoms with E-state index >= 15 is 0 Å². The van der Waals surface area contributed by atoms with Gasteiger partial charge in [0.1, 0.15) is 0 Å². The van der Waals surface area contributed by atoms with E-state index in [-0.39, 0.29) is 0 Å². The number of aromatic nitrogens is 1. The van der Waals surface area contributed by atoms with Crippen molar-refractivity contribution in [1.29, 1.82) is 0 Å². The molecule has 0 unspecified atom stereocenters. The monoisotopic (exact) mass is 553 g/mol. The van der Waals surface area contributed by atoms with E-state index in [1.54, 1.807) is 0 Å². The van der Waals surface area contributed by atoms with E-state index < -0.39 is 0 Å². The van der Waals surface area contributed by atoms with Crippen LogP contribution in [0, 0.1) is 6.92 Å². The zero-order valence-electron chi connectivity index (χ0n) is 24.7. The van der Waals surface area contributed by atoms with Gasteiger partial charge in [0.15, 0.2) is 0 Å². The summed E-state index contributed by atoms with van der Waals surface area (Å²) in [7, 11) is 0. The second kappa shape index (κ2) is 10.8. The minimum atomic E-state index is 0.666. The Kier molecular flexibility index (Phi) is 6.52. The smallest absolute Gasteiger partial charge is 0.0346 e. The standard InChI is InChI=1S/C42H35N/c1-28-24-32(27-43-26-28)30-14-9-15-31(25-30)41-37-16-5-7-18-39(37)42(40-19-8-6-17-38(40)41)36-23-11-21-34-33(20-10-22-35(34)36)29-12-3-2-4-13-29/h5-11,14-27,29H,2-4,12-13H2,1H3. The average molecular weight is 554 g/mol. The lowest BCUT2D eigenvalue weighted by Gasteiger charge is -2.24. The molecule has 8 rings (SSSR count). The number of hydrogen-bond donors (Lipinski definition) is 0. The van der Waals surface area contributed by atoms with Crippen LogP contribution in [0.2, 0.25) is 0 Å². The van der Waals surface area contributed by atoms with Crippen molar-refractivity contribution >= 4 is 32.3 Å². The van der Waals surface area contributed by atoms with Gasteiger partial charge in [0.25, 0.3) is 0 Å². The van der Waals surface area contributed by atoms with Crippen molar-refractivity contribution < 1.29 is 0 Å². The molecule has 1 heteroatoms. The number of pyridine rings is 1. The molecule has 1 aromatic heterocycles. The highest BCUT2D eigenvalue weighted by Gasteiger charge is 2.21. The van der Waals surface area contributed by atoms with Crippen molar-refractivity contribution in [3.8, 4) is 33.4 Å². The second-order valence-electron chi connectivity index (χ2n) is 12.3. The maximum absolute atomic E-state index is 4.47. The highest BCUT2D eigenvalue weighted by Crippen LogP contribution is 2.46. The first kappa shape index (κ1) is 25.9. The Morgan fingerprint density at radius 3 is 1.81 bits per heavy atom. The van der Waals surface area contributed by atoms with Gasteiger partial charge in [0, 0.05) is 18.0 Å². The number of fused-ring (bicyclic) bond motifs is 3. The highest BCUT2D eigenvalue weighted by molar-refractivity contribution is 6.23. The van der Waals surface area contributed by atoms with Crippen LogP contribution in [-0.2, 0) is 0 Å². The van der Waals surface area contributed by atoms with Crippen LogP contribution in [0.3, 0.4) is 0 Å². The van der Waals surface area contributed by atoms with E-state index in [1.807, 2.05) is 12.4 Å². The van der Waals surface area contributed by atoms with E-state index in [9.17, 15) is 0 Å². The molecular formula is C42H35N. The number of aryl methyl sites for hydroxylation is 1. The Bertz CT molecular complexity index is 2070. The van der Waals surface area contributed by atoms with Gasteiger partial charge in [-0.05, 0) is 109 Å². The van der Waals surface area contributed by atoms with Crippen LogP contribution >= 0.6 is 0 Å². The molecular weight excluding hydrogens is 518 g/mol. The Hall–Kier alpha value is -4.75. The third-order valence-electron chi connectivity index (χ3n) is 9.56. The molecule has 7 aromatic rings. The van der Waals surface area contributed by atoms with Gasteiger partial charge in [0.05, 0.1) is 0 Å². The van der Waals surface area contributed by atoms with Crippen molar-refractivity contribution in [3.63, 3.8) is 0 Å². The summed E-state index contributed by atoms with van der Waals surface area (Å²) in [6, 6.07) is 43.2. The first-order valence-electron chi connectivity index (χ1n) is 15.7. The topological polar surface area (TPSA) is 12.9 Å². The van der Waals surface area contributed by atoms with Crippen molar-refractivity contribution in [1.82, 2.24) is 4.98 Å². The lowest BCUT2D eigenvalue weighted by Crippen LogP contribution is -2.05. The van der Waals surface area contributed by atoms with Gasteiger partial charge in [-0.1, -0.05) is 122 Å². The fraction of sp³-hybridized carbons (Fsp3) is 0.167. The summed E-state index contributed by atoms with van der Waals surface area (Å²) in [6.45, 7) is 2.10. The molecule has 1 saturated carbocycles. The van der Waals surface area contributed by atoms with E-state index in [2.05, 4.69) is 127 Å². The molecule has 0 bridgehead atoms. The van der Waals surface area contributed by atoms with E-state index in [1.165, 1.54) is 103 Å². The molecule has 0 radical (unpaired) electrons. The summed E-state index contributed by atoms with van der Waals surface area (Å²) in [5.41, 5.74) is 10.2. The predicted octanol–water partition coefficient (Wildman–Crippen LogP) is 11.9. The number of hydrogen-bond acceptors (Lipinski definition) is 1. The maximum atomic E-state index is 4.47. The minimum absolute atomic E-state index is 0.666. The van der Waals surface area contributed by atoms with E-state index in [0.717, 1.165) is 5.56 Å².